The molecule has 0 fully saturated rings. The van der Waals surface area contributed by atoms with E-state index in [1.165, 1.54) is 42.5 Å². The first-order valence-electron chi connectivity index (χ1n) is 7.96. The lowest BCUT2D eigenvalue weighted by Crippen LogP contribution is -2.16. The van der Waals surface area contributed by atoms with E-state index in [1.54, 1.807) is 18.3 Å². The van der Waals surface area contributed by atoms with Crippen LogP contribution in [-0.4, -0.2) is 19.3 Å². The number of aryl methyl sites for hydroxylation is 1. The van der Waals surface area contributed by atoms with Gasteiger partial charge in [-0.15, -0.1) is 0 Å². The highest BCUT2D eigenvalue weighted by Gasteiger charge is 2.18. The molecule has 3 aromatic rings. The second-order valence-corrected chi connectivity index (χ2v) is 7.47. The molecule has 0 aliphatic rings. The van der Waals surface area contributed by atoms with Crippen molar-refractivity contribution in [3.63, 3.8) is 0 Å². The summed E-state index contributed by atoms with van der Waals surface area (Å²) in [6.45, 7) is 1.86. The molecule has 0 radical (unpaired) electrons. The number of carbonyl (C=O) groups is 1. The molecule has 0 unspecified atom stereocenters. The summed E-state index contributed by atoms with van der Waals surface area (Å²) >= 11 is 0. The number of hydrogen-bond donors (Lipinski definition) is 2. The number of hydrogen-bond acceptors (Lipinski definition) is 4. The molecular weight excluding hydrogens is 369 g/mol. The fourth-order valence-corrected chi connectivity index (χ4v) is 3.46. The van der Waals surface area contributed by atoms with Crippen LogP contribution in [0.4, 0.5) is 15.9 Å². The molecule has 0 atom stereocenters. The summed E-state index contributed by atoms with van der Waals surface area (Å²) in [5.74, 6) is -0.839. The first kappa shape index (κ1) is 18.5. The number of para-hydroxylation sites is 1. The van der Waals surface area contributed by atoms with Gasteiger partial charge in [-0.1, -0.05) is 18.2 Å². The number of anilines is 2. The van der Waals surface area contributed by atoms with Crippen molar-refractivity contribution in [2.75, 3.05) is 10.0 Å². The van der Waals surface area contributed by atoms with Crippen LogP contribution in [0.25, 0.3) is 0 Å². The van der Waals surface area contributed by atoms with Crippen LogP contribution in [0.3, 0.4) is 0 Å². The molecular formula is C19H16FN3O3S. The van der Waals surface area contributed by atoms with Gasteiger partial charge in [0.2, 0.25) is 0 Å². The third kappa shape index (κ3) is 4.48. The number of aromatic nitrogens is 1. The van der Waals surface area contributed by atoms with Gasteiger partial charge in [0.15, 0.2) is 0 Å². The van der Waals surface area contributed by atoms with E-state index in [2.05, 4.69) is 15.0 Å². The molecule has 27 heavy (non-hydrogen) atoms. The van der Waals surface area contributed by atoms with Gasteiger partial charge in [-0.3, -0.25) is 9.52 Å². The van der Waals surface area contributed by atoms with Gasteiger partial charge in [-0.2, -0.15) is 0 Å². The summed E-state index contributed by atoms with van der Waals surface area (Å²) < 4.78 is 40.9. The number of benzene rings is 2. The minimum atomic E-state index is -4.06. The maximum atomic E-state index is 13.7. The third-order valence-electron chi connectivity index (χ3n) is 3.68. The van der Waals surface area contributed by atoms with E-state index in [-0.39, 0.29) is 16.1 Å². The zero-order valence-electron chi connectivity index (χ0n) is 14.3. The zero-order valence-corrected chi connectivity index (χ0v) is 15.1. The van der Waals surface area contributed by atoms with E-state index in [0.717, 1.165) is 11.6 Å². The average Bonchev–Trinajstić information content (AvgIpc) is 2.64. The quantitative estimate of drug-likeness (QED) is 0.703. The largest absolute Gasteiger partial charge is 0.307 e. The molecule has 0 aliphatic heterocycles. The highest BCUT2D eigenvalue weighted by Crippen LogP contribution is 2.20. The molecule has 3 rings (SSSR count). The molecule has 1 aromatic heterocycles. The topological polar surface area (TPSA) is 88.2 Å². The number of halogens is 1. The highest BCUT2D eigenvalue weighted by atomic mass is 32.2. The predicted octanol–water partition coefficient (Wildman–Crippen LogP) is 3.58. The van der Waals surface area contributed by atoms with E-state index in [1.807, 2.05) is 6.92 Å². The van der Waals surface area contributed by atoms with Gasteiger partial charge >= 0.3 is 0 Å². The molecule has 0 bridgehead atoms. The number of rotatable bonds is 5. The van der Waals surface area contributed by atoms with Crippen LogP contribution >= 0.6 is 0 Å². The molecule has 0 saturated carbocycles. The smallest absolute Gasteiger partial charge is 0.262 e. The summed E-state index contributed by atoms with van der Waals surface area (Å²) in [7, 11) is -4.06. The Kier molecular flexibility index (Phi) is 5.18. The number of pyridine rings is 1. The van der Waals surface area contributed by atoms with Gasteiger partial charge < -0.3 is 5.32 Å². The van der Waals surface area contributed by atoms with Crippen molar-refractivity contribution in [1.82, 2.24) is 4.98 Å². The van der Waals surface area contributed by atoms with Gasteiger partial charge in [0.25, 0.3) is 15.9 Å². The minimum absolute atomic E-state index is 0.134. The van der Waals surface area contributed by atoms with Crippen molar-refractivity contribution in [3.05, 3.63) is 83.8 Å². The van der Waals surface area contributed by atoms with Gasteiger partial charge in [0.1, 0.15) is 11.6 Å². The Bertz CT molecular complexity index is 1100. The van der Waals surface area contributed by atoms with Gasteiger partial charge in [-0.05, 0) is 55.0 Å². The number of amides is 1. The Morgan fingerprint density at radius 2 is 1.81 bits per heavy atom. The Hall–Kier alpha value is -3.26. The molecule has 0 aliphatic carbocycles. The molecule has 6 nitrogen and oxygen atoms in total. The van der Waals surface area contributed by atoms with E-state index in [9.17, 15) is 17.6 Å². The first-order valence-corrected chi connectivity index (χ1v) is 9.45. The molecule has 0 saturated heterocycles. The van der Waals surface area contributed by atoms with E-state index >= 15 is 0 Å². The summed E-state index contributed by atoms with van der Waals surface area (Å²) in [5.41, 5.74) is 0.886. The lowest BCUT2D eigenvalue weighted by Gasteiger charge is -2.10. The normalized spacial score (nSPS) is 11.0. The molecule has 1 heterocycles. The molecule has 1 amide bonds. The number of sulfonamides is 1. The second-order valence-electron chi connectivity index (χ2n) is 5.79. The van der Waals surface area contributed by atoms with Gasteiger partial charge in [0, 0.05) is 11.8 Å². The highest BCUT2D eigenvalue weighted by molar-refractivity contribution is 7.92. The van der Waals surface area contributed by atoms with Crippen LogP contribution in [-0.2, 0) is 10.0 Å². The predicted molar refractivity (Wildman–Crippen MR) is 101 cm³/mol. The fourth-order valence-electron chi connectivity index (χ4n) is 2.35. The Labute approximate surface area is 156 Å². The van der Waals surface area contributed by atoms with Crippen molar-refractivity contribution in [1.29, 1.82) is 0 Å². The molecule has 2 aromatic carbocycles. The number of carbonyl (C=O) groups excluding carboxylic acids is 1. The van der Waals surface area contributed by atoms with Crippen LogP contribution in [0.1, 0.15) is 15.9 Å². The lowest BCUT2D eigenvalue weighted by atomic mass is 10.2. The van der Waals surface area contributed by atoms with Crippen molar-refractivity contribution in [2.45, 2.75) is 11.8 Å². The third-order valence-corrected chi connectivity index (χ3v) is 5.04. The first-order chi connectivity index (χ1) is 12.8. The van der Waals surface area contributed by atoms with Crippen molar-refractivity contribution in [3.8, 4) is 0 Å². The summed E-state index contributed by atoms with van der Waals surface area (Å²) in [6, 6.07) is 14.4. The summed E-state index contributed by atoms with van der Waals surface area (Å²) in [5, 5.41) is 2.61. The van der Waals surface area contributed by atoms with Crippen LogP contribution in [0, 0.1) is 12.7 Å². The van der Waals surface area contributed by atoms with Gasteiger partial charge in [0.05, 0.1) is 10.6 Å². The van der Waals surface area contributed by atoms with E-state index in [4.69, 9.17) is 0 Å². The molecule has 138 valence electrons. The molecule has 0 spiro atoms. The van der Waals surface area contributed by atoms with E-state index in [0.29, 0.717) is 5.82 Å². The maximum Gasteiger partial charge on any atom is 0.262 e. The minimum Gasteiger partial charge on any atom is -0.307 e. The van der Waals surface area contributed by atoms with Crippen LogP contribution in [0.2, 0.25) is 0 Å². The lowest BCUT2D eigenvalue weighted by molar-refractivity contribution is 0.102. The van der Waals surface area contributed by atoms with Crippen LogP contribution in [0.15, 0.2) is 71.8 Å². The van der Waals surface area contributed by atoms with Crippen LogP contribution < -0.4 is 10.0 Å². The zero-order chi connectivity index (χ0) is 19.4. The number of nitrogens with zero attached hydrogens (tertiary/aromatic N) is 1. The SMILES string of the molecule is Cc1ccnc(NC(=O)c2cccc(S(=O)(=O)Nc3ccccc3F)c2)c1. The van der Waals surface area contributed by atoms with Crippen molar-refractivity contribution < 1.29 is 17.6 Å². The standard InChI is InChI=1S/C19H16FN3O3S/c1-13-9-10-21-18(11-13)22-19(24)14-5-4-6-15(12-14)27(25,26)23-17-8-3-2-7-16(17)20/h2-12,23H,1H3,(H,21,22,24). The Morgan fingerprint density at radius 3 is 2.56 bits per heavy atom. The molecule has 2 N–H and O–H groups in total. The number of nitrogens with one attached hydrogen (secondary N) is 2. The van der Waals surface area contributed by atoms with Crippen molar-refractivity contribution in [2.24, 2.45) is 0 Å². The summed E-state index contributed by atoms with van der Waals surface area (Å²) in [6.07, 6.45) is 1.56. The van der Waals surface area contributed by atoms with E-state index < -0.39 is 21.7 Å². The maximum absolute atomic E-state index is 13.7. The monoisotopic (exact) mass is 385 g/mol. The van der Waals surface area contributed by atoms with Crippen molar-refractivity contribution >= 4 is 27.4 Å². The molecule has 8 heteroatoms. The second kappa shape index (κ2) is 7.55. The average molecular weight is 385 g/mol. The Balaban J connectivity index is 1.84. The fraction of sp³-hybridized carbons (Fsp3) is 0.0526. The summed E-state index contributed by atoms with van der Waals surface area (Å²) in [4.78, 5) is 16.3. The van der Waals surface area contributed by atoms with Gasteiger partial charge in [-0.25, -0.2) is 17.8 Å². The Morgan fingerprint density at radius 1 is 1.04 bits per heavy atom. The van der Waals surface area contributed by atoms with Crippen LogP contribution in [0.5, 0.6) is 0 Å².